The van der Waals surface area contributed by atoms with E-state index in [0.29, 0.717) is 12.4 Å². The van der Waals surface area contributed by atoms with Gasteiger partial charge in [0.2, 0.25) is 5.82 Å². The molecule has 142 valence electrons. The molecule has 8 heteroatoms. The lowest BCUT2D eigenvalue weighted by Crippen LogP contribution is -2.40. The van der Waals surface area contributed by atoms with Crippen molar-refractivity contribution in [1.82, 2.24) is 24.6 Å². The molecule has 0 atom stereocenters. The highest BCUT2D eigenvalue weighted by molar-refractivity contribution is 7.22. The summed E-state index contributed by atoms with van der Waals surface area (Å²) in [6.07, 6.45) is 1.91. The third kappa shape index (κ3) is 3.46. The minimum Gasteiger partial charge on any atom is -0.307 e. The second kappa shape index (κ2) is 7.74. The maximum atomic E-state index is 13.4. The lowest BCUT2D eigenvalue weighted by Gasteiger charge is -2.24. The van der Waals surface area contributed by atoms with Gasteiger partial charge in [-0.1, -0.05) is 37.3 Å². The van der Waals surface area contributed by atoms with Crippen molar-refractivity contribution in [2.24, 2.45) is 0 Å². The first-order valence-corrected chi connectivity index (χ1v) is 10.3. The second-order valence-corrected chi connectivity index (χ2v) is 7.65. The summed E-state index contributed by atoms with van der Waals surface area (Å²) < 4.78 is 3.04. The van der Waals surface area contributed by atoms with E-state index in [1.165, 1.54) is 0 Å². The van der Waals surface area contributed by atoms with Crippen LogP contribution in [-0.2, 0) is 13.0 Å². The van der Waals surface area contributed by atoms with Crippen molar-refractivity contribution >= 4 is 32.6 Å². The molecular weight excluding hydrogens is 360 g/mol. The highest BCUT2D eigenvalue weighted by atomic mass is 32.1. The number of carbonyl (C=O) groups excluding carboxylic acids is 1. The standard InChI is InChI=1S/C19H24N6OS/c1-3-23(4-2)12-13-25(19-20-14-8-5-6-9-15(14)27-19)18(26)17-22-21-16-10-7-11-24(16)17/h5-6,8-9H,3-4,7,10-13H2,1-2H3. The summed E-state index contributed by atoms with van der Waals surface area (Å²) in [7, 11) is 0. The van der Waals surface area contributed by atoms with Crippen LogP contribution in [0.5, 0.6) is 0 Å². The molecule has 1 aromatic carbocycles. The summed E-state index contributed by atoms with van der Waals surface area (Å²) in [5.74, 6) is 1.23. The van der Waals surface area contributed by atoms with Crippen molar-refractivity contribution in [2.45, 2.75) is 33.2 Å². The highest BCUT2D eigenvalue weighted by Crippen LogP contribution is 2.29. The maximum absolute atomic E-state index is 13.4. The largest absolute Gasteiger partial charge is 0.307 e. The molecule has 3 heterocycles. The van der Waals surface area contributed by atoms with E-state index < -0.39 is 0 Å². The minimum atomic E-state index is -0.109. The number of thiazole rings is 1. The summed E-state index contributed by atoms with van der Waals surface area (Å²) >= 11 is 1.55. The van der Waals surface area contributed by atoms with Crippen LogP contribution in [0.25, 0.3) is 10.2 Å². The van der Waals surface area contributed by atoms with Gasteiger partial charge >= 0.3 is 0 Å². The lowest BCUT2D eigenvalue weighted by atomic mass is 10.3. The van der Waals surface area contributed by atoms with Gasteiger partial charge in [0.05, 0.1) is 10.2 Å². The number of benzene rings is 1. The second-order valence-electron chi connectivity index (χ2n) is 6.64. The van der Waals surface area contributed by atoms with Crippen LogP contribution in [0.15, 0.2) is 24.3 Å². The number of fused-ring (bicyclic) bond motifs is 2. The molecule has 0 fully saturated rings. The zero-order chi connectivity index (χ0) is 18.8. The van der Waals surface area contributed by atoms with Gasteiger partial charge in [0.15, 0.2) is 5.13 Å². The summed E-state index contributed by atoms with van der Waals surface area (Å²) in [6, 6.07) is 7.99. The lowest BCUT2D eigenvalue weighted by molar-refractivity contribution is 0.0969. The molecule has 7 nitrogen and oxygen atoms in total. The van der Waals surface area contributed by atoms with Crippen LogP contribution in [-0.4, -0.2) is 56.7 Å². The van der Waals surface area contributed by atoms with Crippen LogP contribution in [0.4, 0.5) is 5.13 Å². The molecule has 3 aromatic rings. The number of carbonyl (C=O) groups is 1. The van der Waals surface area contributed by atoms with Crippen LogP contribution in [0, 0.1) is 0 Å². The molecule has 2 aromatic heterocycles. The normalized spacial score (nSPS) is 13.4. The molecule has 27 heavy (non-hydrogen) atoms. The number of nitrogens with zero attached hydrogens (tertiary/aromatic N) is 6. The number of hydrogen-bond acceptors (Lipinski definition) is 6. The molecule has 0 saturated carbocycles. The van der Waals surface area contributed by atoms with E-state index in [4.69, 9.17) is 4.98 Å². The fourth-order valence-corrected chi connectivity index (χ4v) is 4.46. The Morgan fingerprint density at radius 1 is 1.19 bits per heavy atom. The Labute approximate surface area is 162 Å². The average molecular weight is 385 g/mol. The van der Waals surface area contributed by atoms with Crippen molar-refractivity contribution in [1.29, 1.82) is 0 Å². The Kier molecular flexibility index (Phi) is 5.18. The molecule has 0 saturated heterocycles. The van der Waals surface area contributed by atoms with E-state index in [1.54, 1.807) is 16.2 Å². The van der Waals surface area contributed by atoms with Crippen LogP contribution < -0.4 is 4.90 Å². The van der Waals surface area contributed by atoms with E-state index in [-0.39, 0.29) is 5.91 Å². The number of hydrogen-bond donors (Lipinski definition) is 0. The number of aromatic nitrogens is 4. The van der Waals surface area contributed by atoms with Gasteiger partial charge in [-0.05, 0) is 31.6 Å². The summed E-state index contributed by atoms with van der Waals surface area (Å²) in [6.45, 7) is 8.39. The Morgan fingerprint density at radius 2 is 2.00 bits per heavy atom. The average Bonchev–Trinajstić information content (AvgIpc) is 3.39. The third-order valence-corrected chi connectivity index (χ3v) is 6.15. The first kappa shape index (κ1) is 18.1. The first-order chi connectivity index (χ1) is 13.2. The number of para-hydroxylation sites is 1. The number of rotatable bonds is 7. The zero-order valence-electron chi connectivity index (χ0n) is 15.8. The molecule has 1 aliphatic heterocycles. The minimum absolute atomic E-state index is 0.109. The van der Waals surface area contributed by atoms with Crippen LogP contribution in [0.2, 0.25) is 0 Å². The van der Waals surface area contributed by atoms with Crippen molar-refractivity contribution in [3.8, 4) is 0 Å². The van der Waals surface area contributed by atoms with E-state index in [9.17, 15) is 4.79 Å². The molecule has 0 N–H and O–H groups in total. The van der Waals surface area contributed by atoms with Gasteiger partial charge in [-0.3, -0.25) is 9.69 Å². The monoisotopic (exact) mass is 384 g/mol. The molecule has 0 unspecified atom stereocenters. The molecular formula is C19H24N6OS. The van der Waals surface area contributed by atoms with Gasteiger partial charge in [-0.25, -0.2) is 4.98 Å². The number of likely N-dealkylation sites (N-methyl/N-ethyl adjacent to an activating group) is 1. The SMILES string of the molecule is CCN(CC)CCN(C(=O)c1nnc2n1CCC2)c1nc2ccccc2s1. The number of amides is 1. The van der Waals surface area contributed by atoms with Gasteiger partial charge in [0.25, 0.3) is 5.91 Å². The van der Waals surface area contributed by atoms with Crippen molar-refractivity contribution < 1.29 is 4.79 Å². The van der Waals surface area contributed by atoms with Gasteiger partial charge < -0.3 is 9.47 Å². The summed E-state index contributed by atoms with van der Waals surface area (Å²) in [5.41, 5.74) is 0.921. The first-order valence-electron chi connectivity index (χ1n) is 9.53. The molecule has 0 aliphatic carbocycles. The molecule has 0 radical (unpaired) electrons. The molecule has 0 bridgehead atoms. The number of anilines is 1. The van der Waals surface area contributed by atoms with E-state index in [1.807, 2.05) is 28.8 Å². The Hall–Kier alpha value is -2.32. The molecule has 4 rings (SSSR count). The highest BCUT2D eigenvalue weighted by Gasteiger charge is 2.29. The van der Waals surface area contributed by atoms with E-state index in [2.05, 4.69) is 28.9 Å². The molecule has 0 spiro atoms. The third-order valence-electron chi connectivity index (χ3n) is 5.09. The van der Waals surface area contributed by atoms with Gasteiger partial charge in [-0.2, -0.15) is 0 Å². The van der Waals surface area contributed by atoms with Gasteiger partial charge in [0, 0.05) is 26.1 Å². The fraction of sp³-hybridized carbons (Fsp3) is 0.474. The number of aryl methyl sites for hydroxylation is 1. The van der Waals surface area contributed by atoms with E-state index in [0.717, 1.165) is 60.2 Å². The fourth-order valence-electron chi connectivity index (χ4n) is 3.47. The Bertz CT molecular complexity index is 912. The Morgan fingerprint density at radius 3 is 2.78 bits per heavy atom. The van der Waals surface area contributed by atoms with Gasteiger partial charge in [-0.15, -0.1) is 10.2 Å². The van der Waals surface area contributed by atoms with E-state index >= 15 is 0 Å². The predicted octanol–water partition coefficient (Wildman–Crippen LogP) is 2.82. The maximum Gasteiger partial charge on any atom is 0.298 e. The van der Waals surface area contributed by atoms with Crippen molar-refractivity contribution in [2.75, 3.05) is 31.1 Å². The van der Waals surface area contributed by atoms with Crippen LogP contribution >= 0.6 is 11.3 Å². The predicted molar refractivity (Wildman–Crippen MR) is 107 cm³/mol. The zero-order valence-corrected chi connectivity index (χ0v) is 16.6. The van der Waals surface area contributed by atoms with Crippen LogP contribution in [0.1, 0.15) is 36.7 Å². The molecule has 1 aliphatic rings. The summed E-state index contributed by atoms with van der Waals surface area (Å²) in [4.78, 5) is 22.2. The smallest absolute Gasteiger partial charge is 0.298 e. The molecule has 1 amide bonds. The summed E-state index contributed by atoms with van der Waals surface area (Å²) in [5, 5.41) is 9.12. The van der Waals surface area contributed by atoms with Gasteiger partial charge in [0.1, 0.15) is 5.82 Å². The quantitative estimate of drug-likeness (QED) is 0.627. The van der Waals surface area contributed by atoms with Crippen LogP contribution in [0.3, 0.4) is 0 Å². The topological polar surface area (TPSA) is 67.2 Å². The van der Waals surface area contributed by atoms with Crippen molar-refractivity contribution in [3.63, 3.8) is 0 Å². The Balaban J connectivity index is 1.67. The van der Waals surface area contributed by atoms with Crippen molar-refractivity contribution in [3.05, 3.63) is 35.9 Å².